The molecule has 7 heteroatoms. The number of ether oxygens (including phenoxy) is 1. The molecule has 0 bridgehead atoms. The monoisotopic (exact) mass is 359 g/mol. The van der Waals surface area contributed by atoms with E-state index in [4.69, 9.17) is 17.0 Å². The van der Waals surface area contributed by atoms with Gasteiger partial charge >= 0.3 is 5.97 Å². The van der Waals surface area contributed by atoms with Crippen molar-refractivity contribution in [2.75, 3.05) is 12.3 Å². The van der Waals surface area contributed by atoms with Gasteiger partial charge in [0, 0.05) is 25.1 Å². The van der Waals surface area contributed by atoms with Gasteiger partial charge in [0.1, 0.15) is 21.6 Å². The number of Topliss-reactive ketones (excluding diaryl/α,β-unsaturated/α-hetero) is 1. The first-order valence-electron chi connectivity index (χ1n) is 7.79. The van der Waals surface area contributed by atoms with Crippen LogP contribution < -0.4 is 0 Å². The molecule has 0 spiro atoms. The molecule has 1 aliphatic rings. The van der Waals surface area contributed by atoms with Crippen molar-refractivity contribution in [3.05, 3.63) is 0 Å². The van der Waals surface area contributed by atoms with Crippen LogP contribution in [-0.4, -0.2) is 44.8 Å². The number of nitrogens with zero attached hydrogens (tertiary/aromatic N) is 1. The van der Waals surface area contributed by atoms with Crippen LogP contribution in [0.15, 0.2) is 0 Å². The maximum atomic E-state index is 12.4. The van der Waals surface area contributed by atoms with Crippen LogP contribution in [0, 0.1) is 11.8 Å². The van der Waals surface area contributed by atoms with Gasteiger partial charge in [0.2, 0.25) is 5.91 Å². The molecular formula is C16H25NO4S2. The molecule has 130 valence electrons. The minimum Gasteiger partial charge on any atom is -0.459 e. The fraction of sp³-hybridized carbons (Fsp3) is 0.750. The molecule has 1 rings (SSSR count). The van der Waals surface area contributed by atoms with Crippen LogP contribution in [0.25, 0.3) is 0 Å². The van der Waals surface area contributed by atoms with Crippen molar-refractivity contribution in [2.24, 2.45) is 11.8 Å². The second kappa shape index (κ2) is 8.24. The number of hydrogen-bond donors (Lipinski definition) is 0. The van der Waals surface area contributed by atoms with E-state index in [2.05, 4.69) is 0 Å². The third-order valence-corrected chi connectivity index (χ3v) is 4.91. The molecule has 1 heterocycles. The van der Waals surface area contributed by atoms with Crippen LogP contribution in [0.2, 0.25) is 0 Å². The van der Waals surface area contributed by atoms with E-state index in [0.717, 1.165) is 5.75 Å². The Balaban J connectivity index is 2.81. The third kappa shape index (κ3) is 5.88. The molecule has 2 atom stereocenters. The fourth-order valence-corrected chi connectivity index (χ4v) is 3.63. The Morgan fingerprint density at radius 2 is 1.96 bits per heavy atom. The van der Waals surface area contributed by atoms with E-state index in [1.165, 1.54) is 11.8 Å². The van der Waals surface area contributed by atoms with Gasteiger partial charge in [-0.05, 0) is 26.7 Å². The van der Waals surface area contributed by atoms with Gasteiger partial charge in [-0.25, -0.2) is 0 Å². The van der Waals surface area contributed by atoms with Crippen molar-refractivity contribution in [2.45, 2.75) is 53.1 Å². The summed E-state index contributed by atoms with van der Waals surface area (Å²) in [5.41, 5.74) is -0.666. The highest BCUT2D eigenvalue weighted by molar-refractivity contribution is 8.23. The summed E-state index contributed by atoms with van der Waals surface area (Å²) in [7, 11) is 0. The van der Waals surface area contributed by atoms with Gasteiger partial charge < -0.3 is 4.74 Å². The van der Waals surface area contributed by atoms with Crippen LogP contribution in [0.5, 0.6) is 0 Å². The Kier molecular flexibility index (Phi) is 7.20. The van der Waals surface area contributed by atoms with Gasteiger partial charge in [-0.3, -0.25) is 19.3 Å². The lowest BCUT2D eigenvalue weighted by atomic mass is 9.86. The topological polar surface area (TPSA) is 63.7 Å². The zero-order valence-electron chi connectivity index (χ0n) is 14.4. The molecule has 5 nitrogen and oxygen atoms in total. The number of amides is 1. The number of ketones is 1. The SMILES string of the molecule is CCC(=O)C(C(=O)OC(C)(C)C)[C@H](C)CC(=O)N1CCSC1=S. The number of esters is 1. The van der Waals surface area contributed by atoms with Gasteiger partial charge in [-0.15, -0.1) is 0 Å². The Morgan fingerprint density at radius 3 is 2.39 bits per heavy atom. The molecule has 0 aromatic carbocycles. The quantitative estimate of drug-likeness (QED) is 0.413. The number of carbonyl (C=O) groups excluding carboxylic acids is 3. The normalized spacial score (nSPS) is 17.8. The largest absolute Gasteiger partial charge is 0.459 e. The Bertz CT molecular complexity index is 499. The summed E-state index contributed by atoms with van der Waals surface area (Å²) in [6.45, 7) is 9.32. The van der Waals surface area contributed by atoms with Crippen molar-refractivity contribution in [3.8, 4) is 0 Å². The van der Waals surface area contributed by atoms with E-state index in [-0.39, 0.29) is 24.5 Å². The highest BCUT2D eigenvalue weighted by atomic mass is 32.2. The molecule has 0 N–H and O–H groups in total. The number of thiocarbonyl (C=S) groups is 1. The maximum absolute atomic E-state index is 12.4. The Labute approximate surface area is 147 Å². The van der Waals surface area contributed by atoms with Gasteiger partial charge in [0.25, 0.3) is 0 Å². The summed E-state index contributed by atoms with van der Waals surface area (Å²) >= 11 is 6.61. The molecular weight excluding hydrogens is 334 g/mol. The highest BCUT2D eigenvalue weighted by Gasteiger charge is 2.37. The van der Waals surface area contributed by atoms with Crippen molar-refractivity contribution in [1.82, 2.24) is 4.90 Å². The number of thioether (sulfide) groups is 1. The average Bonchev–Trinajstić information content (AvgIpc) is 2.82. The Morgan fingerprint density at radius 1 is 1.35 bits per heavy atom. The highest BCUT2D eigenvalue weighted by Crippen LogP contribution is 2.26. The van der Waals surface area contributed by atoms with Gasteiger partial charge in [0.05, 0.1) is 0 Å². The van der Waals surface area contributed by atoms with Crippen molar-refractivity contribution in [3.63, 3.8) is 0 Å². The lowest BCUT2D eigenvalue weighted by Gasteiger charge is -2.27. The molecule has 23 heavy (non-hydrogen) atoms. The fourth-order valence-electron chi connectivity index (χ4n) is 2.39. The third-order valence-electron chi connectivity index (χ3n) is 3.48. The van der Waals surface area contributed by atoms with E-state index in [9.17, 15) is 14.4 Å². The minimum absolute atomic E-state index is 0.107. The summed E-state index contributed by atoms with van der Waals surface area (Å²) in [5, 5.41) is 0. The maximum Gasteiger partial charge on any atom is 0.317 e. The summed E-state index contributed by atoms with van der Waals surface area (Å²) in [4.78, 5) is 38.5. The summed E-state index contributed by atoms with van der Waals surface area (Å²) in [5.74, 6) is -1.42. The second-order valence-corrected chi connectivity index (χ2v) is 8.40. The molecule has 1 saturated heterocycles. The van der Waals surface area contributed by atoms with Crippen LogP contribution in [0.4, 0.5) is 0 Å². The molecule has 1 aliphatic heterocycles. The van der Waals surface area contributed by atoms with E-state index in [0.29, 0.717) is 10.9 Å². The van der Waals surface area contributed by atoms with E-state index in [1.54, 1.807) is 39.5 Å². The van der Waals surface area contributed by atoms with Crippen LogP contribution >= 0.6 is 24.0 Å². The molecule has 1 amide bonds. The van der Waals surface area contributed by atoms with Crippen LogP contribution in [-0.2, 0) is 19.1 Å². The first-order chi connectivity index (χ1) is 10.6. The zero-order valence-corrected chi connectivity index (χ0v) is 16.0. The lowest BCUT2D eigenvalue weighted by Crippen LogP contribution is -2.39. The molecule has 0 aliphatic carbocycles. The van der Waals surface area contributed by atoms with Crippen LogP contribution in [0.1, 0.15) is 47.5 Å². The van der Waals surface area contributed by atoms with Crippen molar-refractivity contribution in [1.29, 1.82) is 0 Å². The Hall–Kier alpha value is -0.950. The standard InChI is InChI=1S/C16H25NO4S2/c1-6-11(18)13(14(20)21-16(3,4)5)10(2)9-12(19)17-7-8-23-15(17)22/h10,13H,6-9H2,1-5H3/t10-,13?/m1/s1. The van der Waals surface area contributed by atoms with Gasteiger partial charge in [0.15, 0.2) is 0 Å². The van der Waals surface area contributed by atoms with Crippen LogP contribution in [0.3, 0.4) is 0 Å². The zero-order chi connectivity index (χ0) is 17.8. The summed E-state index contributed by atoms with van der Waals surface area (Å²) in [6, 6.07) is 0. The van der Waals surface area contributed by atoms with Gasteiger partial charge in [-0.2, -0.15) is 0 Å². The van der Waals surface area contributed by atoms with E-state index < -0.39 is 23.4 Å². The van der Waals surface area contributed by atoms with Crippen molar-refractivity contribution < 1.29 is 19.1 Å². The molecule has 0 aromatic rings. The first-order valence-corrected chi connectivity index (χ1v) is 9.19. The molecule has 1 unspecified atom stereocenters. The molecule has 0 radical (unpaired) electrons. The summed E-state index contributed by atoms with van der Waals surface area (Å²) < 4.78 is 5.93. The summed E-state index contributed by atoms with van der Waals surface area (Å²) in [6.07, 6.45) is 0.344. The first kappa shape index (κ1) is 20.1. The number of rotatable bonds is 6. The predicted octanol–water partition coefficient (Wildman–Crippen LogP) is 2.81. The van der Waals surface area contributed by atoms with E-state index >= 15 is 0 Å². The average molecular weight is 360 g/mol. The number of carbonyl (C=O) groups is 3. The van der Waals surface area contributed by atoms with Crippen molar-refractivity contribution >= 4 is 46.0 Å². The lowest BCUT2D eigenvalue weighted by molar-refractivity contribution is -0.164. The van der Waals surface area contributed by atoms with E-state index in [1.807, 2.05) is 0 Å². The molecule has 0 saturated carbocycles. The van der Waals surface area contributed by atoms with Gasteiger partial charge in [-0.1, -0.05) is 37.8 Å². The predicted molar refractivity (Wildman–Crippen MR) is 95.2 cm³/mol. The smallest absolute Gasteiger partial charge is 0.317 e. The molecule has 1 fully saturated rings. The second-order valence-electron chi connectivity index (χ2n) is 6.67. The number of hydrogen-bond acceptors (Lipinski definition) is 6. The molecule has 0 aromatic heterocycles. The minimum atomic E-state index is -0.910.